The van der Waals surface area contributed by atoms with Crippen molar-refractivity contribution < 1.29 is 36.0 Å². The van der Waals surface area contributed by atoms with Gasteiger partial charge < -0.3 is 15.4 Å². The summed E-state index contributed by atoms with van der Waals surface area (Å²) in [5.74, 6) is -1.42. The Morgan fingerprint density at radius 3 is 2.45 bits per heavy atom. The minimum atomic E-state index is -4.78. The van der Waals surface area contributed by atoms with Crippen molar-refractivity contribution in [2.75, 3.05) is 6.54 Å². The van der Waals surface area contributed by atoms with Crippen LogP contribution in [-0.4, -0.2) is 61.2 Å². The van der Waals surface area contributed by atoms with E-state index in [-0.39, 0.29) is 23.9 Å². The number of piperidine rings is 1. The average molecular weight is 484 g/mol. The Kier molecular flexibility index (Phi) is 7.29. The number of carbonyl (C=O) groups is 3. The van der Waals surface area contributed by atoms with Crippen LogP contribution in [0.5, 0.6) is 0 Å². The molecule has 33 heavy (non-hydrogen) atoms. The van der Waals surface area contributed by atoms with E-state index in [9.17, 15) is 22.8 Å². The maximum absolute atomic E-state index is 12.6. The molecule has 2 aliphatic heterocycles. The van der Waals surface area contributed by atoms with Gasteiger partial charge in [0.05, 0.1) is 11.6 Å². The second-order valence-corrected chi connectivity index (χ2v) is 10.4. The molecule has 0 aliphatic carbocycles. The van der Waals surface area contributed by atoms with Crippen LogP contribution in [0.4, 0.5) is 4.79 Å². The summed E-state index contributed by atoms with van der Waals surface area (Å²) in [5, 5.41) is 0.679. The van der Waals surface area contributed by atoms with E-state index in [2.05, 4.69) is 0 Å². The lowest BCUT2D eigenvalue weighted by Crippen LogP contribution is -2.47. The van der Waals surface area contributed by atoms with Crippen LogP contribution >= 0.6 is 0 Å². The number of carbonyl (C=O) groups excluding carboxylic acids is 3. The predicted molar refractivity (Wildman–Crippen MR) is 115 cm³/mol. The van der Waals surface area contributed by atoms with E-state index in [0.717, 1.165) is 0 Å². The number of benzene rings is 1. The smallest absolute Gasteiger partial charge is 0.424 e. The van der Waals surface area contributed by atoms with Crippen molar-refractivity contribution in [3.63, 3.8) is 0 Å². The SMILES string of the molecule is CC(C)(C)CCC(OC(=O)c1ccccc1)OS(=O)(=O)ON1C(=O)N2C[C@H]1CC[C@H]2C(N)=O. The molecule has 0 saturated carbocycles. The number of rotatable bonds is 9. The van der Waals surface area contributed by atoms with Crippen molar-refractivity contribution in [1.82, 2.24) is 9.96 Å². The van der Waals surface area contributed by atoms with E-state index < -0.39 is 46.7 Å². The van der Waals surface area contributed by atoms with Gasteiger partial charge in [0.1, 0.15) is 6.04 Å². The molecule has 182 valence electrons. The largest absolute Gasteiger partial charge is 0.431 e. The Morgan fingerprint density at radius 2 is 1.85 bits per heavy atom. The number of nitrogens with two attached hydrogens (primary N) is 1. The highest BCUT2D eigenvalue weighted by Crippen LogP contribution is 2.31. The van der Waals surface area contributed by atoms with Crippen molar-refractivity contribution >= 4 is 28.3 Å². The standard InChI is InChI=1S/C21H29N3O8S/c1-21(2,3)12-11-17(30-19(26)14-7-5-4-6-8-14)31-33(28,29)32-24-15-9-10-16(18(22)25)23(13-15)20(24)27/h4-8,15-17H,9-13H2,1-3H3,(H2,22,25)/t15-,16+,17?/m1/s1. The number of ether oxygens (including phenoxy) is 1. The first-order valence-corrected chi connectivity index (χ1v) is 12.0. The predicted octanol–water partition coefficient (Wildman–Crippen LogP) is 1.94. The molecule has 3 atom stereocenters. The molecule has 0 radical (unpaired) electrons. The summed E-state index contributed by atoms with van der Waals surface area (Å²) in [4.78, 5) is 37.8. The highest BCUT2D eigenvalue weighted by atomic mass is 32.3. The summed E-state index contributed by atoms with van der Waals surface area (Å²) in [6, 6.07) is 5.89. The molecule has 2 fully saturated rings. The van der Waals surface area contributed by atoms with Crippen molar-refractivity contribution in [1.29, 1.82) is 0 Å². The molecule has 2 saturated heterocycles. The zero-order chi connectivity index (χ0) is 24.4. The van der Waals surface area contributed by atoms with Gasteiger partial charge in [-0.1, -0.05) is 39.0 Å². The summed E-state index contributed by atoms with van der Waals surface area (Å²) in [5.41, 5.74) is 5.37. The summed E-state index contributed by atoms with van der Waals surface area (Å²) in [6.45, 7) is 5.95. The van der Waals surface area contributed by atoms with Crippen molar-refractivity contribution in [2.24, 2.45) is 11.1 Å². The number of esters is 1. The van der Waals surface area contributed by atoms with Crippen LogP contribution in [0.25, 0.3) is 0 Å². The van der Waals surface area contributed by atoms with Gasteiger partial charge in [-0.05, 0) is 36.8 Å². The third kappa shape index (κ3) is 6.42. The third-order valence-corrected chi connectivity index (χ3v) is 6.22. The number of amides is 3. The van der Waals surface area contributed by atoms with Gasteiger partial charge in [-0.2, -0.15) is 13.5 Å². The molecule has 1 aromatic rings. The zero-order valence-electron chi connectivity index (χ0n) is 18.8. The first-order chi connectivity index (χ1) is 15.4. The fourth-order valence-corrected chi connectivity index (χ4v) is 4.53. The van der Waals surface area contributed by atoms with Gasteiger partial charge in [-0.25, -0.2) is 13.8 Å². The molecular weight excluding hydrogens is 454 g/mol. The fraction of sp³-hybridized carbons (Fsp3) is 0.571. The minimum absolute atomic E-state index is 0.0813. The van der Waals surface area contributed by atoms with Gasteiger partial charge in [0, 0.05) is 13.0 Å². The lowest BCUT2D eigenvalue weighted by atomic mass is 9.90. The minimum Gasteiger partial charge on any atom is -0.431 e. The van der Waals surface area contributed by atoms with Crippen LogP contribution in [-0.2, 0) is 28.4 Å². The number of nitrogens with zero attached hydrogens (tertiary/aromatic N) is 2. The van der Waals surface area contributed by atoms with E-state index in [4.69, 9.17) is 18.9 Å². The molecule has 2 aliphatic rings. The van der Waals surface area contributed by atoms with E-state index in [1.807, 2.05) is 20.8 Å². The second kappa shape index (κ2) is 9.65. The van der Waals surface area contributed by atoms with Gasteiger partial charge in [-0.15, -0.1) is 4.28 Å². The molecule has 1 unspecified atom stereocenters. The molecule has 2 bridgehead atoms. The molecule has 12 heteroatoms. The lowest BCUT2D eigenvalue weighted by molar-refractivity contribution is -0.122. The van der Waals surface area contributed by atoms with E-state index >= 15 is 0 Å². The number of hydrogen-bond acceptors (Lipinski definition) is 8. The van der Waals surface area contributed by atoms with E-state index in [1.54, 1.807) is 18.2 Å². The number of primary amides is 1. The molecular formula is C21H29N3O8S. The van der Waals surface area contributed by atoms with Gasteiger partial charge in [0.2, 0.25) is 12.2 Å². The maximum Gasteiger partial charge on any atom is 0.424 e. The summed E-state index contributed by atoms with van der Waals surface area (Å²) < 4.78 is 40.6. The second-order valence-electron chi connectivity index (χ2n) is 9.29. The van der Waals surface area contributed by atoms with Crippen molar-refractivity contribution in [3.05, 3.63) is 35.9 Å². The number of hydroxylamine groups is 2. The summed E-state index contributed by atoms with van der Waals surface area (Å²) in [7, 11) is -4.78. The Morgan fingerprint density at radius 1 is 1.18 bits per heavy atom. The van der Waals surface area contributed by atoms with Crippen molar-refractivity contribution in [2.45, 2.75) is 64.8 Å². The first kappa shape index (κ1) is 24.9. The lowest BCUT2D eigenvalue weighted by Gasteiger charge is -2.27. The van der Waals surface area contributed by atoms with Crippen LogP contribution in [0.3, 0.4) is 0 Å². The topological polar surface area (TPSA) is 146 Å². The van der Waals surface area contributed by atoms with E-state index in [0.29, 0.717) is 24.3 Å². The third-order valence-electron chi connectivity index (χ3n) is 5.43. The van der Waals surface area contributed by atoms with Gasteiger partial charge in [0.15, 0.2) is 0 Å². The maximum atomic E-state index is 12.6. The van der Waals surface area contributed by atoms with Gasteiger partial charge in [0.25, 0.3) is 0 Å². The number of fused-ring (bicyclic) bond motifs is 2. The monoisotopic (exact) mass is 483 g/mol. The Bertz CT molecular complexity index is 993. The Hall–Kier alpha value is -2.70. The molecule has 0 aromatic heterocycles. The molecule has 3 amide bonds. The quantitative estimate of drug-likeness (QED) is 0.414. The molecule has 1 aromatic carbocycles. The Labute approximate surface area is 193 Å². The molecule has 0 spiro atoms. The average Bonchev–Trinajstić information content (AvgIpc) is 2.95. The molecule has 3 rings (SSSR count). The van der Waals surface area contributed by atoms with E-state index in [1.165, 1.54) is 17.0 Å². The highest BCUT2D eigenvalue weighted by molar-refractivity contribution is 7.81. The Balaban J connectivity index is 1.71. The van der Waals surface area contributed by atoms with Crippen LogP contribution in [0, 0.1) is 5.41 Å². The highest BCUT2D eigenvalue weighted by Gasteiger charge is 2.49. The van der Waals surface area contributed by atoms with Crippen LogP contribution in [0.1, 0.15) is 56.8 Å². The first-order valence-electron chi connectivity index (χ1n) is 10.6. The van der Waals surface area contributed by atoms with Gasteiger partial charge >= 0.3 is 22.4 Å². The van der Waals surface area contributed by atoms with Gasteiger partial charge in [-0.3, -0.25) is 4.79 Å². The molecule has 2 heterocycles. The van der Waals surface area contributed by atoms with Crippen LogP contribution < -0.4 is 5.73 Å². The van der Waals surface area contributed by atoms with Crippen LogP contribution in [0.2, 0.25) is 0 Å². The molecule has 11 nitrogen and oxygen atoms in total. The summed E-state index contributed by atoms with van der Waals surface area (Å²) >= 11 is 0. The summed E-state index contributed by atoms with van der Waals surface area (Å²) in [6.07, 6.45) is -0.262. The zero-order valence-corrected chi connectivity index (χ0v) is 19.6. The van der Waals surface area contributed by atoms with Crippen LogP contribution in [0.15, 0.2) is 30.3 Å². The van der Waals surface area contributed by atoms with Crippen molar-refractivity contribution in [3.8, 4) is 0 Å². The fourth-order valence-electron chi connectivity index (χ4n) is 3.71. The normalized spacial score (nSPS) is 21.7. The number of hydrogen-bond donors (Lipinski definition) is 1. The number of urea groups is 1. The molecule has 2 N–H and O–H groups in total.